The lowest BCUT2D eigenvalue weighted by molar-refractivity contribution is 0.669. The highest BCUT2D eigenvalue weighted by Crippen LogP contribution is 2.45. The van der Waals surface area contributed by atoms with Gasteiger partial charge in [-0.3, -0.25) is 0 Å². The Balaban J connectivity index is 0.891. The fourth-order valence-electron chi connectivity index (χ4n) is 10.4. The fraction of sp³-hybridized carbons (Fsp3) is 0. The largest absolute Gasteiger partial charge is 0.456 e. The molecule has 0 bridgehead atoms. The van der Waals surface area contributed by atoms with Gasteiger partial charge < -0.3 is 4.42 Å². The molecule has 65 heavy (non-hydrogen) atoms. The maximum atomic E-state index is 6.26. The average Bonchev–Trinajstić information content (AvgIpc) is 3.75. The van der Waals surface area contributed by atoms with E-state index in [1.54, 1.807) is 0 Å². The first-order valence-electron chi connectivity index (χ1n) is 22.1. The Hall–Kier alpha value is -8.73. The van der Waals surface area contributed by atoms with Gasteiger partial charge in [0.2, 0.25) is 0 Å². The van der Waals surface area contributed by atoms with Crippen molar-refractivity contribution in [3.8, 4) is 56.4 Å². The summed E-state index contributed by atoms with van der Waals surface area (Å²) in [5.41, 5.74) is 8.98. The molecule has 12 aromatic carbocycles. The zero-order valence-electron chi connectivity index (χ0n) is 35.0. The summed E-state index contributed by atoms with van der Waals surface area (Å²) in [7, 11) is 0. The Morgan fingerprint density at radius 1 is 0.231 bits per heavy atom. The van der Waals surface area contributed by atoms with Crippen LogP contribution in [-0.4, -0.2) is 15.0 Å². The highest BCUT2D eigenvalue weighted by Gasteiger charge is 2.18. The molecule has 4 heteroatoms. The summed E-state index contributed by atoms with van der Waals surface area (Å²) in [5, 5.41) is 17.5. The molecule has 0 aliphatic rings. The second-order valence-corrected chi connectivity index (χ2v) is 17.1. The predicted octanol–water partition coefficient (Wildman–Crippen LogP) is 16.5. The fourth-order valence-corrected chi connectivity index (χ4v) is 10.4. The third kappa shape index (κ3) is 5.61. The Morgan fingerprint density at radius 2 is 0.692 bits per heavy atom. The summed E-state index contributed by atoms with van der Waals surface area (Å²) in [6, 6.07) is 76.2. The minimum absolute atomic E-state index is 0.593. The molecule has 14 rings (SSSR count). The van der Waals surface area contributed by atoms with Crippen LogP contribution in [0.2, 0.25) is 0 Å². The van der Waals surface area contributed by atoms with Crippen LogP contribution >= 0.6 is 0 Å². The van der Waals surface area contributed by atoms with Gasteiger partial charge in [-0.05, 0) is 123 Å². The highest BCUT2D eigenvalue weighted by molar-refractivity contribution is 6.37. The molecule has 0 aliphatic carbocycles. The third-order valence-electron chi connectivity index (χ3n) is 13.4. The van der Waals surface area contributed by atoms with Crippen LogP contribution in [0.5, 0.6) is 0 Å². The maximum absolute atomic E-state index is 6.26. The second-order valence-electron chi connectivity index (χ2n) is 17.1. The molecule has 300 valence electrons. The molecular weight excluding hydrogens is 791 g/mol. The molecule has 2 heterocycles. The SMILES string of the molecule is c1ccc(-c2nc(-c3ccc(-c4cccc(-c5cc6ccc7cccc8c9cccc%10ccc%11cccc(c(c5)c6c78)c%11c%109)c4)cc3)nc(-c3ccc4c(c3)oc3ccccc34)n2)cc1. The van der Waals surface area contributed by atoms with E-state index in [0.29, 0.717) is 17.5 Å². The molecule has 0 spiro atoms. The van der Waals surface area contributed by atoms with Gasteiger partial charge in [-0.2, -0.15) is 0 Å². The van der Waals surface area contributed by atoms with Gasteiger partial charge in [-0.25, -0.2) is 15.0 Å². The van der Waals surface area contributed by atoms with Gasteiger partial charge >= 0.3 is 0 Å². The summed E-state index contributed by atoms with van der Waals surface area (Å²) < 4.78 is 6.26. The van der Waals surface area contributed by atoms with Crippen molar-refractivity contribution < 1.29 is 4.42 Å². The molecule has 14 aromatic rings. The van der Waals surface area contributed by atoms with Crippen molar-refractivity contribution in [2.75, 3.05) is 0 Å². The van der Waals surface area contributed by atoms with E-state index in [-0.39, 0.29) is 0 Å². The number of furan rings is 1. The number of benzene rings is 11. The monoisotopic (exact) mass is 825 g/mol. The smallest absolute Gasteiger partial charge is 0.164 e. The van der Waals surface area contributed by atoms with Gasteiger partial charge in [-0.15, -0.1) is 0 Å². The van der Waals surface area contributed by atoms with Crippen molar-refractivity contribution in [2.45, 2.75) is 0 Å². The normalized spacial score (nSPS) is 12.0. The molecule has 0 N–H and O–H groups in total. The highest BCUT2D eigenvalue weighted by atomic mass is 16.3. The van der Waals surface area contributed by atoms with Crippen LogP contribution in [-0.2, 0) is 0 Å². The van der Waals surface area contributed by atoms with Gasteiger partial charge in [0.15, 0.2) is 17.5 Å². The number of hydrogen-bond donors (Lipinski definition) is 0. The standard InChI is InChI=1S/C61H35N3O/c1-2-10-40(11-3-1)59-62-60(64-61(63-59)45-30-31-48-47-17-4-5-21-53(47)65-54(48)35-45)41-27-22-36(23-28-41)42-15-6-16-43(32-42)46-33-44-29-26-39-13-8-19-50-49-18-7-12-37-24-25-38-14-9-20-51(57(38)55(37)49)52(34-46)58(44)56(39)50/h1-35H. The molecular formula is C61H35N3O. The van der Waals surface area contributed by atoms with Crippen molar-refractivity contribution in [1.82, 2.24) is 15.0 Å². The number of rotatable bonds is 5. The van der Waals surface area contributed by atoms with Crippen molar-refractivity contribution >= 4 is 86.6 Å². The van der Waals surface area contributed by atoms with E-state index in [1.165, 1.54) is 75.8 Å². The molecule has 0 fully saturated rings. The van der Waals surface area contributed by atoms with Gasteiger partial charge in [0.05, 0.1) is 0 Å². The zero-order chi connectivity index (χ0) is 42.6. The average molecular weight is 826 g/mol. The molecule has 0 amide bonds. The molecule has 0 saturated carbocycles. The Kier molecular flexibility index (Phi) is 7.65. The lowest BCUT2D eigenvalue weighted by atomic mass is 9.86. The van der Waals surface area contributed by atoms with Crippen molar-refractivity contribution in [3.05, 3.63) is 212 Å². The maximum Gasteiger partial charge on any atom is 0.164 e. The Bertz CT molecular complexity index is 4220. The van der Waals surface area contributed by atoms with E-state index in [4.69, 9.17) is 19.4 Å². The minimum atomic E-state index is 0.593. The molecule has 0 saturated heterocycles. The van der Waals surface area contributed by atoms with Crippen molar-refractivity contribution in [1.29, 1.82) is 0 Å². The van der Waals surface area contributed by atoms with Crippen LogP contribution in [0.4, 0.5) is 0 Å². The van der Waals surface area contributed by atoms with Crippen LogP contribution in [0.25, 0.3) is 143 Å². The van der Waals surface area contributed by atoms with Crippen LogP contribution in [0.1, 0.15) is 0 Å². The van der Waals surface area contributed by atoms with Crippen molar-refractivity contribution in [2.24, 2.45) is 0 Å². The number of para-hydroxylation sites is 1. The van der Waals surface area contributed by atoms with Crippen LogP contribution in [0.3, 0.4) is 0 Å². The zero-order valence-corrected chi connectivity index (χ0v) is 35.0. The molecule has 2 aromatic heterocycles. The van der Waals surface area contributed by atoms with Gasteiger partial charge in [-0.1, -0.05) is 176 Å². The third-order valence-corrected chi connectivity index (χ3v) is 13.4. The lowest BCUT2D eigenvalue weighted by Gasteiger charge is -2.17. The second kappa shape index (κ2) is 13.9. The topological polar surface area (TPSA) is 51.8 Å². The first-order chi connectivity index (χ1) is 32.2. The summed E-state index contributed by atoms with van der Waals surface area (Å²) in [6.45, 7) is 0. The number of hydrogen-bond acceptors (Lipinski definition) is 4. The van der Waals surface area contributed by atoms with E-state index in [1.807, 2.05) is 54.6 Å². The molecule has 0 atom stereocenters. The number of fused-ring (bicyclic) bond motifs is 5. The van der Waals surface area contributed by atoms with Crippen LogP contribution < -0.4 is 0 Å². The Morgan fingerprint density at radius 3 is 1.37 bits per heavy atom. The van der Waals surface area contributed by atoms with Crippen LogP contribution in [0.15, 0.2) is 217 Å². The van der Waals surface area contributed by atoms with E-state index in [9.17, 15) is 0 Å². The summed E-state index contributed by atoms with van der Waals surface area (Å²) >= 11 is 0. The molecule has 0 radical (unpaired) electrons. The van der Waals surface area contributed by atoms with Crippen molar-refractivity contribution in [3.63, 3.8) is 0 Å². The minimum Gasteiger partial charge on any atom is -0.456 e. The lowest BCUT2D eigenvalue weighted by Crippen LogP contribution is -2.00. The molecule has 4 nitrogen and oxygen atoms in total. The number of nitrogens with zero attached hydrogens (tertiary/aromatic N) is 3. The van der Waals surface area contributed by atoms with Gasteiger partial charge in [0.25, 0.3) is 0 Å². The predicted molar refractivity (Wildman–Crippen MR) is 271 cm³/mol. The van der Waals surface area contributed by atoms with E-state index in [0.717, 1.165) is 49.8 Å². The van der Waals surface area contributed by atoms with E-state index in [2.05, 4.69) is 158 Å². The molecule has 0 aliphatic heterocycles. The Labute approximate surface area is 373 Å². The molecule has 0 unspecified atom stereocenters. The van der Waals surface area contributed by atoms with Crippen LogP contribution in [0, 0.1) is 0 Å². The number of aromatic nitrogens is 3. The first kappa shape index (κ1) is 35.8. The summed E-state index contributed by atoms with van der Waals surface area (Å²) in [5.74, 6) is 1.82. The first-order valence-corrected chi connectivity index (χ1v) is 22.1. The van der Waals surface area contributed by atoms with E-state index < -0.39 is 0 Å². The summed E-state index contributed by atoms with van der Waals surface area (Å²) in [6.07, 6.45) is 0. The van der Waals surface area contributed by atoms with Gasteiger partial charge in [0, 0.05) is 27.5 Å². The quantitative estimate of drug-likeness (QED) is 0.162. The van der Waals surface area contributed by atoms with E-state index >= 15 is 0 Å². The van der Waals surface area contributed by atoms with Gasteiger partial charge in [0.1, 0.15) is 11.2 Å². The summed E-state index contributed by atoms with van der Waals surface area (Å²) in [4.78, 5) is 15.1.